The van der Waals surface area contributed by atoms with Crippen molar-refractivity contribution in [1.82, 2.24) is 10.3 Å². The Morgan fingerprint density at radius 3 is 2.65 bits per heavy atom. The molecule has 156 valence electrons. The van der Waals surface area contributed by atoms with Crippen LogP contribution in [0.15, 0.2) is 72.9 Å². The van der Waals surface area contributed by atoms with Crippen molar-refractivity contribution in [3.63, 3.8) is 0 Å². The minimum atomic E-state index is -0.587. The third-order valence-electron chi connectivity index (χ3n) is 4.52. The molecule has 2 aromatic carbocycles. The third kappa shape index (κ3) is 6.51. The van der Waals surface area contributed by atoms with Crippen LogP contribution in [0.3, 0.4) is 0 Å². The number of hydrogen-bond acceptors (Lipinski definition) is 4. The first-order chi connectivity index (χ1) is 15.2. The SMILES string of the molecule is N#CC(=Cc1cccc(OCCC(=O)NCCc2ccccc2)c1F)c1ccccn1. The maximum absolute atomic E-state index is 14.8. The van der Waals surface area contributed by atoms with Gasteiger partial charge in [0.15, 0.2) is 11.6 Å². The van der Waals surface area contributed by atoms with Crippen molar-refractivity contribution < 1.29 is 13.9 Å². The van der Waals surface area contributed by atoms with Gasteiger partial charge in [-0.1, -0.05) is 48.5 Å². The molecule has 0 saturated carbocycles. The number of aromatic nitrogens is 1. The molecule has 0 bridgehead atoms. The molecule has 3 rings (SSSR count). The molecule has 0 spiro atoms. The zero-order chi connectivity index (χ0) is 21.9. The van der Waals surface area contributed by atoms with Crippen LogP contribution in [-0.2, 0) is 11.2 Å². The zero-order valence-corrected chi connectivity index (χ0v) is 16.9. The number of amides is 1. The number of halogens is 1. The lowest BCUT2D eigenvalue weighted by atomic mass is 10.1. The Morgan fingerprint density at radius 2 is 1.90 bits per heavy atom. The van der Waals surface area contributed by atoms with Gasteiger partial charge in [-0.05, 0) is 36.3 Å². The minimum absolute atomic E-state index is 0.0316. The molecular weight excluding hydrogens is 393 g/mol. The molecule has 0 atom stereocenters. The first-order valence-corrected chi connectivity index (χ1v) is 9.92. The van der Waals surface area contributed by atoms with Crippen molar-refractivity contribution >= 4 is 17.6 Å². The number of nitrogens with one attached hydrogen (secondary N) is 1. The fourth-order valence-corrected chi connectivity index (χ4v) is 2.92. The Bertz CT molecular complexity index is 1080. The average Bonchev–Trinajstić information content (AvgIpc) is 2.80. The van der Waals surface area contributed by atoms with Crippen molar-refractivity contribution in [2.24, 2.45) is 0 Å². The second-order valence-corrected chi connectivity index (χ2v) is 6.73. The van der Waals surface area contributed by atoms with E-state index in [1.54, 1.807) is 36.5 Å². The number of nitrogens with zero attached hydrogens (tertiary/aromatic N) is 2. The van der Waals surface area contributed by atoms with Crippen molar-refractivity contribution in [3.05, 3.63) is 95.6 Å². The number of nitriles is 1. The van der Waals surface area contributed by atoms with E-state index in [0.717, 1.165) is 12.0 Å². The van der Waals surface area contributed by atoms with Crippen molar-refractivity contribution in [3.8, 4) is 11.8 Å². The Hall–Kier alpha value is -3.98. The Labute approximate surface area is 180 Å². The molecule has 6 heteroatoms. The molecule has 0 aliphatic carbocycles. The summed E-state index contributed by atoms with van der Waals surface area (Å²) in [6.45, 7) is 0.578. The summed E-state index contributed by atoms with van der Waals surface area (Å²) < 4.78 is 20.3. The topological polar surface area (TPSA) is 75.0 Å². The maximum Gasteiger partial charge on any atom is 0.223 e. The van der Waals surface area contributed by atoms with E-state index in [4.69, 9.17) is 4.74 Å². The van der Waals surface area contributed by atoms with Gasteiger partial charge in [-0.15, -0.1) is 0 Å². The first kappa shape index (κ1) is 21.7. The van der Waals surface area contributed by atoms with E-state index in [-0.39, 0.29) is 35.8 Å². The standard InChI is InChI=1S/C25H22FN3O2/c26-25-20(17-21(18-27)22-10-4-5-14-28-22)9-6-11-23(25)31-16-13-24(30)29-15-12-19-7-2-1-3-8-19/h1-11,14,17H,12-13,15-16H2,(H,29,30). The summed E-state index contributed by atoms with van der Waals surface area (Å²) in [6, 6.07) is 21.8. The molecule has 0 fully saturated rings. The summed E-state index contributed by atoms with van der Waals surface area (Å²) >= 11 is 0. The molecule has 1 N–H and O–H groups in total. The molecule has 0 radical (unpaired) electrons. The van der Waals surface area contributed by atoms with Gasteiger partial charge in [0.05, 0.1) is 24.3 Å². The predicted molar refractivity (Wildman–Crippen MR) is 117 cm³/mol. The van der Waals surface area contributed by atoms with Gasteiger partial charge in [0.1, 0.15) is 6.07 Å². The lowest BCUT2D eigenvalue weighted by Crippen LogP contribution is -2.27. The molecule has 1 heterocycles. The number of rotatable bonds is 9. The van der Waals surface area contributed by atoms with E-state index in [9.17, 15) is 14.4 Å². The summed E-state index contributed by atoms with van der Waals surface area (Å²) in [6.07, 6.45) is 3.86. The third-order valence-corrected chi connectivity index (χ3v) is 4.52. The smallest absolute Gasteiger partial charge is 0.223 e. The van der Waals surface area contributed by atoms with Crippen molar-refractivity contribution in [1.29, 1.82) is 5.26 Å². The molecular formula is C25H22FN3O2. The highest BCUT2D eigenvalue weighted by Gasteiger charge is 2.11. The number of carbonyl (C=O) groups excluding carboxylic acids is 1. The normalized spacial score (nSPS) is 10.9. The van der Waals surface area contributed by atoms with Crippen LogP contribution in [0.25, 0.3) is 11.6 Å². The van der Waals surface area contributed by atoms with E-state index in [0.29, 0.717) is 12.2 Å². The predicted octanol–water partition coefficient (Wildman–Crippen LogP) is 4.41. The summed E-state index contributed by atoms with van der Waals surface area (Å²) in [5, 5.41) is 12.2. The lowest BCUT2D eigenvalue weighted by Gasteiger charge is -2.10. The quantitative estimate of drug-likeness (QED) is 0.525. The molecule has 0 saturated heterocycles. The Kier molecular flexibility index (Phi) is 7.90. The van der Waals surface area contributed by atoms with Crippen LogP contribution in [-0.4, -0.2) is 24.0 Å². The van der Waals surface area contributed by atoms with Crippen LogP contribution in [0, 0.1) is 17.1 Å². The Morgan fingerprint density at radius 1 is 1.10 bits per heavy atom. The fraction of sp³-hybridized carbons (Fsp3) is 0.160. The van der Waals surface area contributed by atoms with Gasteiger partial charge < -0.3 is 10.1 Å². The average molecular weight is 415 g/mol. The van der Waals surface area contributed by atoms with Crippen LogP contribution in [0.2, 0.25) is 0 Å². The number of ether oxygens (including phenoxy) is 1. The molecule has 31 heavy (non-hydrogen) atoms. The van der Waals surface area contributed by atoms with Crippen LogP contribution < -0.4 is 10.1 Å². The van der Waals surface area contributed by atoms with Gasteiger partial charge in [0.25, 0.3) is 0 Å². The Balaban J connectivity index is 1.54. The fourth-order valence-electron chi connectivity index (χ4n) is 2.92. The summed E-state index contributed by atoms with van der Waals surface area (Å²) in [7, 11) is 0. The molecule has 1 amide bonds. The second-order valence-electron chi connectivity index (χ2n) is 6.73. The number of benzene rings is 2. The molecule has 5 nitrogen and oxygen atoms in total. The van der Waals surface area contributed by atoms with Gasteiger partial charge >= 0.3 is 0 Å². The van der Waals surface area contributed by atoms with Crippen LogP contribution in [0.1, 0.15) is 23.2 Å². The van der Waals surface area contributed by atoms with Crippen LogP contribution in [0.4, 0.5) is 4.39 Å². The minimum Gasteiger partial charge on any atom is -0.490 e. The maximum atomic E-state index is 14.8. The summed E-state index contributed by atoms with van der Waals surface area (Å²) in [5.41, 5.74) is 2.07. The zero-order valence-electron chi connectivity index (χ0n) is 16.9. The lowest BCUT2D eigenvalue weighted by molar-refractivity contribution is -0.121. The van der Waals surface area contributed by atoms with E-state index in [1.807, 2.05) is 36.4 Å². The first-order valence-electron chi connectivity index (χ1n) is 9.92. The van der Waals surface area contributed by atoms with Gasteiger partial charge in [0, 0.05) is 18.3 Å². The monoisotopic (exact) mass is 415 g/mol. The number of hydrogen-bond donors (Lipinski definition) is 1. The van der Waals surface area contributed by atoms with E-state index < -0.39 is 5.82 Å². The van der Waals surface area contributed by atoms with E-state index in [2.05, 4.69) is 10.3 Å². The van der Waals surface area contributed by atoms with Crippen molar-refractivity contribution in [2.45, 2.75) is 12.8 Å². The van der Waals surface area contributed by atoms with Gasteiger partial charge in [0.2, 0.25) is 5.91 Å². The highest BCUT2D eigenvalue weighted by molar-refractivity contribution is 5.88. The second kappa shape index (κ2) is 11.3. The van der Waals surface area contributed by atoms with Gasteiger partial charge in [-0.25, -0.2) is 4.39 Å². The van der Waals surface area contributed by atoms with E-state index in [1.165, 1.54) is 12.1 Å². The van der Waals surface area contributed by atoms with Crippen LogP contribution >= 0.6 is 0 Å². The highest BCUT2D eigenvalue weighted by atomic mass is 19.1. The molecule has 1 aromatic heterocycles. The molecule has 3 aromatic rings. The number of pyridine rings is 1. The van der Waals surface area contributed by atoms with E-state index >= 15 is 0 Å². The van der Waals surface area contributed by atoms with Gasteiger partial charge in [-0.2, -0.15) is 5.26 Å². The molecule has 0 aliphatic heterocycles. The number of carbonyl (C=O) groups is 1. The van der Waals surface area contributed by atoms with Crippen LogP contribution in [0.5, 0.6) is 5.75 Å². The highest BCUT2D eigenvalue weighted by Crippen LogP contribution is 2.24. The molecule has 0 aliphatic rings. The molecule has 0 unspecified atom stereocenters. The van der Waals surface area contributed by atoms with Crippen molar-refractivity contribution in [2.75, 3.05) is 13.2 Å². The largest absolute Gasteiger partial charge is 0.490 e. The summed E-state index contributed by atoms with van der Waals surface area (Å²) in [4.78, 5) is 16.1. The van der Waals surface area contributed by atoms with Gasteiger partial charge in [-0.3, -0.25) is 9.78 Å². The summed E-state index contributed by atoms with van der Waals surface area (Å²) in [5.74, 6) is -0.714. The number of allylic oxidation sites excluding steroid dienone is 1.